The molecule has 162 valence electrons. The summed E-state index contributed by atoms with van der Waals surface area (Å²) in [6.45, 7) is 0. The predicted octanol–water partition coefficient (Wildman–Crippen LogP) is 0.686. The zero-order valence-electron chi connectivity index (χ0n) is 16.7. The first-order valence-electron chi connectivity index (χ1n) is 9.71. The van der Waals surface area contributed by atoms with Gasteiger partial charge in [-0.25, -0.2) is 4.79 Å². The van der Waals surface area contributed by atoms with Crippen LogP contribution >= 0.6 is 11.8 Å². The standard InChI is InChI=1S/C21H21N3O6S/c1-23-14(10-16(26)30-23)8-7-13-11-31-20-17(19(27)24(20)18(13)21(28)29)22-15(25)9-12-5-3-2-4-6-12/h2-8,14,17,20H,9-11H2,1H3,(H,22,25)(H,28,29)/b8-7+/t14?,17-,20?/m1/s1. The second-order valence-corrected chi connectivity index (χ2v) is 8.54. The number of rotatable bonds is 6. The van der Waals surface area contributed by atoms with Gasteiger partial charge in [0.25, 0.3) is 5.91 Å². The molecule has 0 bridgehead atoms. The average Bonchev–Trinajstić information content (AvgIpc) is 3.07. The molecule has 2 fully saturated rings. The normalized spacial score (nSPS) is 26.0. The van der Waals surface area contributed by atoms with E-state index in [1.165, 1.54) is 21.7 Å². The first-order valence-corrected chi connectivity index (χ1v) is 10.8. The molecule has 3 aliphatic rings. The lowest BCUT2D eigenvalue weighted by Crippen LogP contribution is -2.70. The van der Waals surface area contributed by atoms with Gasteiger partial charge in [-0.15, -0.1) is 16.8 Å². The Balaban J connectivity index is 1.46. The van der Waals surface area contributed by atoms with Crippen LogP contribution in [0.15, 0.2) is 53.8 Å². The molecule has 2 amide bonds. The van der Waals surface area contributed by atoms with Crippen LogP contribution in [-0.2, 0) is 30.4 Å². The zero-order valence-corrected chi connectivity index (χ0v) is 17.5. The monoisotopic (exact) mass is 443 g/mol. The fourth-order valence-electron chi connectivity index (χ4n) is 3.76. The topological polar surface area (TPSA) is 116 Å². The molecule has 0 radical (unpaired) electrons. The number of benzene rings is 1. The molecule has 3 atom stereocenters. The summed E-state index contributed by atoms with van der Waals surface area (Å²) in [7, 11) is 1.62. The van der Waals surface area contributed by atoms with Crippen LogP contribution in [0.3, 0.4) is 0 Å². The number of carbonyl (C=O) groups is 4. The number of nitrogens with one attached hydrogen (secondary N) is 1. The van der Waals surface area contributed by atoms with Crippen LogP contribution in [0.2, 0.25) is 0 Å². The Morgan fingerprint density at radius 1 is 1.29 bits per heavy atom. The number of nitrogens with zero attached hydrogens (tertiary/aromatic N) is 2. The van der Waals surface area contributed by atoms with Crippen LogP contribution in [0.5, 0.6) is 0 Å². The maximum Gasteiger partial charge on any atom is 0.352 e. The van der Waals surface area contributed by atoms with Crippen LogP contribution in [0.1, 0.15) is 12.0 Å². The highest BCUT2D eigenvalue weighted by Gasteiger charge is 2.53. The molecular formula is C21H21N3O6S. The SMILES string of the molecule is CN1OC(=O)CC1/C=C/C1=C(C(=O)O)N2C(=O)[C@@H](NC(=O)Cc3ccccc3)C2SC1. The Bertz CT molecular complexity index is 992. The number of thioether (sulfide) groups is 1. The Morgan fingerprint density at radius 3 is 2.68 bits per heavy atom. The molecule has 2 unspecified atom stereocenters. The largest absolute Gasteiger partial charge is 0.477 e. The molecule has 10 heteroatoms. The number of likely N-dealkylation sites (N-methyl/N-ethyl adjacent to an activating group) is 1. The predicted molar refractivity (Wildman–Crippen MR) is 111 cm³/mol. The van der Waals surface area contributed by atoms with E-state index in [4.69, 9.17) is 4.84 Å². The van der Waals surface area contributed by atoms with Crippen LogP contribution in [0.25, 0.3) is 0 Å². The summed E-state index contributed by atoms with van der Waals surface area (Å²) in [4.78, 5) is 54.5. The first kappa shape index (κ1) is 21.1. The number of carbonyl (C=O) groups excluding carboxylic acids is 3. The molecule has 2 N–H and O–H groups in total. The molecule has 3 aliphatic heterocycles. The van der Waals surface area contributed by atoms with E-state index >= 15 is 0 Å². The van der Waals surface area contributed by atoms with Crippen LogP contribution in [-0.4, -0.2) is 69.1 Å². The van der Waals surface area contributed by atoms with E-state index in [0.29, 0.717) is 11.3 Å². The third-order valence-corrected chi connectivity index (χ3v) is 6.63. The molecule has 0 aliphatic carbocycles. The summed E-state index contributed by atoms with van der Waals surface area (Å²) in [5.41, 5.74) is 1.22. The van der Waals surface area contributed by atoms with Crippen molar-refractivity contribution in [2.75, 3.05) is 12.8 Å². The van der Waals surface area contributed by atoms with Gasteiger partial charge in [-0.05, 0) is 11.1 Å². The lowest BCUT2D eigenvalue weighted by Gasteiger charge is -2.49. The molecule has 31 heavy (non-hydrogen) atoms. The molecule has 1 aromatic rings. The number of fused-ring (bicyclic) bond motifs is 1. The molecule has 9 nitrogen and oxygen atoms in total. The van der Waals surface area contributed by atoms with Gasteiger partial charge in [0.2, 0.25) is 5.91 Å². The van der Waals surface area contributed by atoms with Gasteiger partial charge in [0.1, 0.15) is 17.1 Å². The Morgan fingerprint density at radius 2 is 2.03 bits per heavy atom. The third kappa shape index (κ3) is 4.21. The lowest BCUT2D eigenvalue weighted by molar-refractivity contribution is -0.167. The minimum absolute atomic E-state index is 0.0912. The summed E-state index contributed by atoms with van der Waals surface area (Å²) in [6, 6.07) is 8.13. The van der Waals surface area contributed by atoms with Gasteiger partial charge in [0.05, 0.1) is 18.9 Å². The van der Waals surface area contributed by atoms with Crippen molar-refractivity contribution in [3.8, 4) is 0 Å². The third-order valence-electron chi connectivity index (χ3n) is 5.33. The maximum absolute atomic E-state index is 12.7. The first-order chi connectivity index (χ1) is 14.8. The van der Waals surface area contributed by atoms with E-state index in [0.717, 1.165) is 5.56 Å². The molecule has 0 saturated carbocycles. The second kappa shape index (κ2) is 8.56. The molecule has 3 heterocycles. The Labute approximate surface area is 182 Å². The van der Waals surface area contributed by atoms with Gasteiger partial charge in [-0.2, -0.15) is 0 Å². The number of allylic oxidation sites excluding steroid dienone is 1. The number of aliphatic carboxylic acids is 1. The summed E-state index contributed by atoms with van der Waals surface area (Å²) in [6.07, 6.45) is 3.65. The summed E-state index contributed by atoms with van der Waals surface area (Å²) in [5.74, 6) is -1.93. The molecule has 4 rings (SSSR count). The number of hydrogen-bond donors (Lipinski definition) is 2. The van der Waals surface area contributed by atoms with Gasteiger partial charge < -0.3 is 15.3 Å². The number of hydrogen-bond acceptors (Lipinski definition) is 7. The highest BCUT2D eigenvalue weighted by molar-refractivity contribution is 8.00. The lowest BCUT2D eigenvalue weighted by atomic mass is 10.0. The highest BCUT2D eigenvalue weighted by atomic mass is 32.2. The van der Waals surface area contributed by atoms with Gasteiger partial charge in [-0.1, -0.05) is 42.5 Å². The number of carboxylic acids is 1. The van der Waals surface area contributed by atoms with E-state index in [-0.39, 0.29) is 36.5 Å². The number of hydroxylamine groups is 2. The number of amides is 2. The van der Waals surface area contributed by atoms with Gasteiger partial charge in [0.15, 0.2) is 0 Å². The smallest absolute Gasteiger partial charge is 0.352 e. The fraction of sp³-hybridized carbons (Fsp3) is 0.333. The molecular weight excluding hydrogens is 422 g/mol. The average molecular weight is 443 g/mol. The number of carboxylic acid groups (broad SMARTS) is 1. The number of β-lactam (4-membered cyclic amide) rings is 1. The highest BCUT2D eigenvalue weighted by Crippen LogP contribution is 2.40. The minimum Gasteiger partial charge on any atom is -0.477 e. The maximum atomic E-state index is 12.7. The Hall–Kier alpha value is -3.11. The van der Waals surface area contributed by atoms with E-state index in [1.807, 2.05) is 30.3 Å². The quantitative estimate of drug-likeness (QED) is 0.617. The fourth-order valence-corrected chi connectivity index (χ4v) is 5.08. The Kier molecular flexibility index (Phi) is 5.84. The molecule has 0 spiro atoms. The summed E-state index contributed by atoms with van der Waals surface area (Å²) in [5, 5.41) is 13.4. The minimum atomic E-state index is -1.21. The van der Waals surface area contributed by atoms with Gasteiger partial charge in [-0.3, -0.25) is 19.3 Å². The van der Waals surface area contributed by atoms with Crippen molar-refractivity contribution in [3.05, 3.63) is 59.3 Å². The van der Waals surface area contributed by atoms with E-state index in [1.54, 1.807) is 19.2 Å². The van der Waals surface area contributed by atoms with Crippen molar-refractivity contribution in [2.24, 2.45) is 0 Å². The van der Waals surface area contributed by atoms with Crippen molar-refractivity contribution in [1.82, 2.24) is 15.3 Å². The van der Waals surface area contributed by atoms with Crippen molar-refractivity contribution in [3.63, 3.8) is 0 Å². The second-order valence-electron chi connectivity index (χ2n) is 7.44. The molecule has 0 aromatic heterocycles. The van der Waals surface area contributed by atoms with Crippen LogP contribution in [0.4, 0.5) is 0 Å². The van der Waals surface area contributed by atoms with E-state index in [2.05, 4.69) is 5.32 Å². The van der Waals surface area contributed by atoms with Crippen LogP contribution < -0.4 is 5.32 Å². The van der Waals surface area contributed by atoms with Crippen molar-refractivity contribution < 1.29 is 29.1 Å². The van der Waals surface area contributed by atoms with Crippen molar-refractivity contribution >= 4 is 35.5 Å². The molecule has 1 aromatic carbocycles. The van der Waals surface area contributed by atoms with E-state index in [9.17, 15) is 24.3 Å². The molecule has 2 saturated heterocycles. The summed E-state index contributed by atoms with van der Waals surface area (Å²) < 4.78 is 0. The van der Waals surface area contributed by atoms with Gasteiger partial charge in [0, 0.05) is 12.8 Å². The van der Waals surface area contributed by atoms with Crippen molar-refractivity contribution in [2.45, 2.75) is 30.3 Å². The van der Waals surface area contributed by atoms with E-state index < -0.39 is 23.3 Å². The van der Waals surface area contributed by atoms with Gasteiger partial charge >= 0.3 is 11.9 Å². The zero-order chi connectivity index (χ0) is 22.1. The van der Waals surface area contributed by atoms with Crippen LogP contribution in [0, 0.1) is 0 Å². The van der Waals surface area contributed by atoms with Crippen molar-refractivity contribution in [1.29, 1.82) is 0 Å². The summed E-state index contributed by atoms with van der Waals surface area (Å²) >= 11 is 1.39.